The van der Waals surface area contributed by atoms with Crippen LogP contribution in [-0.2, 0) is 6.54 Å². The van der Waals surface area contributed by atoms with Crippen LogP contribution in [0.3, 0.4) is 0 Å². The number of anilines is 1. The summed E-state index contributed by atoms with van der Waals surface area (Å²) in [5, 5.41) is 20.1. The van der Waals surface area contributed by atoms with E-state index >= 15 is 0 Å². The summed E-state index contributed by atoms with van der Waals surface area (Å²) in [6, 6.07) is 8.70. The molecule has 2 rings (SSSR count). The highest BCUT2D eigenvalue weighted by molar-refractivity contribution is 5.84. The van der Waals surface area contributed by atoms with Crippen LogP contribution in [-0.4, -0.2) is 11.1 Å². The Morgan fingerprint density at radius 2 is 2.21 bits per heavy atom. The van der Waals surface area contributed by atoms with Gasteiger partial charge in [0.15, 0.2) is 0 Å². The molecule has 96 valence electrons. The zero-order valence-corrected chi connectivity index (χ0v) is 9.68. The van der Waals surface area contributed by atoms with E-state index in [2.05, 4.69) is 5.32 Å². The minimum Gasteiger partial charge on any atom is -0.475 e. The van der Waals surface area contributed by atoms with Gasteiger partial charge in [-0.3, -0.25) is 0 Å². The summed E-state index contributed by atoms with van der Waals surface area (Å²) < 4.78 is 18.5. The average molecular weight is 260 g/mol. The summed E-state index contributed by atoms with van der Waals surface area (Å²) in [4.78, 5) is 10.6. The van der Waals surface area contributed by atoms with Crippen molar-refractivity contribution in [1.29, 1.82) is 5.26 Å². The number of nitrogens with one attached hydrogen (secondary N) is 1. The van der Waals surface area contributed by atoms with Crippen molar-refractivity contribution in [3.8, 4) is 6.07 Å². The fourth-order valence-corrected chi connectivity index (χ4v) is 1.50. The molecule has 1 heterocycles. The first-order valence-electron chi connectivity index (χ1n) is 5.35. The van der Waals surface area contributed by atoms with Crippen molar-refractivity contribution in [2.45, 2.75) is 6.54 Å². The predicted octanol–water partition coefficient (Wildman–Crippen LogP) is 2.60. The maximum Gasteiger partial charge on any atom is 0.371 e. The number of benzene rings is 1. The number of carbonyl (C=O) groups is 1. The lowest BCUT2D eigenvalue weighted by Crippen LogP contribution is -2.01. The van der Waals surface area contributed by atoms with Gasteiger partial charge in [0.1, 0.15) is 11.6 Å². The van der Waals surface area contributed by atoms with Crippen LogP contribution in [0.1, 0.15) is 21.9 Å². The van der Waals surface area contributed by atoms with Gasteiger partial charge in [-0.05, 0) is 30.3 Å². The van der Waals surface area contributed by atoms with Crippen molar-refractivity contribution in [2.75, 3.05) is 5.32 Å². The van der Waals surface area contributed by atoms with Gasteiger partial charge >= 0.3 is 5.97 Å². The monoisotopic (exact) mass is 260 g/mol. The molecule has 0 atom stereocenters. The number of carboxylic acids is 1. The molecule has 2 aromatic rings. The number of halogens is 1. The third kappa shape index (κ3) is 2.90. The van der Waals surface area contributed by atoms with Gasteiger partial charge in [0.2, 0.25) is 5.76 Å². The van der Waals surface area contributed by atoms with Gasteiger partial charge in [-0.15, -0.1) is 0 Å². The molecule has 0 spiro atoms. The maximum atomic E-state index is 13.5. The molecule has 0 radical (unpaired) electrons. The molecule has 1 aromatic carbocycles. The highest BCUT2D eigenvalue weighted by Gasteiger charge is 2.09. The van der Waals surface area contributed by atoms with Crippen molar-refractivity contribution in [2.24, 2.45) is 0 Å². The molecule has 1 aromatic heterocycles. The lowest BCUT2D eigenvalue weighted by molar-refractivity contribution is 0.0660. The number of nitriles is 1. The molecule has 5 nitrogen and oxygen atoms in total. The average Bonchev–Trinajstić information content (AvgIpc) is 2.86. The Morgan fingerprint density at radius 1 is 1.42 bits per heavy atom. The van der Waals surface area contributed by atoms with Crippen LogP contribution in [0.25, 0.3) is 0 Å². The summed E-state index contributed by atoms with van der Waals surface area (Å²) in [5.74, 6) is -1.50. The summed E-state index contributed by atoms with van der Waals surface area (Å²) in [6.07, 6.45) is 0. The molecule has 0 bridgehead atoms. The zero-order chi connectivity index (χ0) is 13.8. The molecule has 0 aliphatic heterocycles. The molecule has 0 aliphatic rings. The molecule has 0 fully saturated rings. The first-order valence-corrected chi connectivity index (χ1v) is 5.35. The zero-order valence-electron chi connectivity index (χ0n) is 9.68. The number of rotatable bonds is 4. The number of nitrogens with zero attached hydrogens (tertiary/aromatic N) is 1. The van der Waals surface area contributed by atoms with E-state index in [4.69, 9.17) is 14.8 Å². The van der Waals surface area contributed by atoms with Crippen LogP contribution in [0, 0.1) is 17.1 Å². The number of hydrogen-bond donors (Lipinski definition) is 2. The van der Waals surface area contributed by atoms with Crippen molar-refractivity contribution in [3.63, 3.8) is 0 Å². The second-order valence-corrected chi connectivity index (χ2v) is 3.73. The highest BCUT2D eigenvalue weighted by Crippen LogP contribution is 2.17. The standard InChI is InChI=1S/C13H9FN2O3/c14-10-5-8(6-15)1-3-11(10)16-7-9-2-4-12(19-9)13(17)18/h1-5,16H,7H2,(H,17,18). The number of hydrogen-bond acceptors (Lipinski definition) is 4. The van der Waals surface area contributed by atoms with E-state index < -0.39 is 11.8 Å². The summed E-state index contributed by atoms with van der Waals surface area (Å²) >= 11 is 0. The molecule has 0 saturated carbocycles. The molecule has 0 aliphatic carbocycles. The van der Waals surface area contributed by atoms with Crippen molar-refractivity contribution in [1.82, 2.24) is 0 Å². The van der Waals surface area contributed by atoms with Gasteiger partial charge in [-0.2, -0.15) is 5.26 Å². The predicted molar refractivity (Wildman–Crippen MR) is 64.1 cm³/mol. The van der Waals surface area contributed by atoms with E-state index in [1.165, 1.54) is 24.3 Å². The molecule has 6 heteroatoms. The van der Waals surface area contributed by atoms with Gasteiger partial charge in [0, 0.05) is 0 Å². The molecule has 0 saturated heterocycles. The minimum atomic E-state index is -1.16. The van der Waals surface area contributed by atoms with E-state index in [1.807, 2.05) is 6.07 Å². The summed E-state index contributed by atoms with van der Waals surface area (Å²) in [6.45, 7) is 0.149. The second-order valence-electron chi connectivity index (χ2n) is 3.73. The van der Waals surface area contributed by atoms with Gasteiger partial charge in [0.05, 0.1) is 23.9 Å². The Bertz CT molecular complexity index is 658. The second kappa shape index (κ2) is 5.23. The Balaban J connectivity index is 2.06. The first-order chi connectivity index (χ1) is 9.10. The van der Waals surface area contributed by atoms with Crippen LogP contribution in [0.5, 0.6) is 0 Å². The molecule has 19 heavy (non-hydrogen) atoms. The van der Waals surface area contributed by atoms with Gasteiger partial charge < -0.3 is 14.8 Å². The molecule has 0 amide bonds. The van der Waals surface area contributed by atoms with Crippen LogP contribution in [0.4, 0.5) is 10.1 Å². The van der Waals surface area contributed by atoms with Crippen molar-refractivity contribution >= 4 is 11.7 Å². The van der Waals surface area contributed by atoms with Gasteiger partial charge in [0.25, 0.3) is 0 Å². The number of carboxylic acid groups (broad SMARTS) is 1. The van der Waals surface area contributed by atoms with Gasteiger partial charge in [-0.25, -0.2) is 9.18 Å². The lowest BCUT2D eigenvalue weighted by Gasteiger charge is -2.05. The fourth-order valence-electron chi connectivity index (χ4n) is 1.50. The Kier molecular flexibility index (Phi) is 3.48. The van der Waals surface area contributed by atoms with Crippen molar-refractivity contribution < 1.29 is 18.7 Å². The van der Waals surface area contributed by atoms with E-state index in [0.29, 0.717) is 5.76 Å². The Labute approximate surface area is 107 Å². The minimum absolute atomic E-state index is 0.149. The third-order valence-electron chi connectivity index (χ3n) is 2.42. The normalized spacial score (nSPS) is 9.89. The lowest BCUT2D eigenvalue weighted by atomic mass is 10.2. The van der Waals surface area contributed by atoms with Crippen molar-refractivity contribution in [3.05, 3.63) is 53.2 Å². The molecular weight excluding hydrogens is 251 g/mol. The number of furan rings is 1. The topological polar surface area (TPSA) is 86.3 Å². The van der Waals surface area contributed by atoms with Crippen LogP contribution < -0.4 is 5.32 Å². The third-order valence-corrected chi connectivity index (χ3v) is 2.42. The van der Waals surface area contributed by atoms with Crippen LogP contribution in [0.2, 0.25) is 0 Å². The van der Waals surface area contributed by atoms with E-state index in [-0.39, 0.29) is 23.6 Å². The maximum absolute atomic E-state index is 13.5. The quantitative estimate of drug-likeness (QED) is 0.882. The largest absolute Gasteiger partial charge is 0.475 e. The van der Waals surface area contributed by atoms with E-state index in [1.54, 1.807) is 0 Å². The molecule has 0 unspecified atom stereocenters. The van der Waals surface area contributed by atoms with E-state index in [0.717, 1.165) is 6.07 Å². The summed E-state index contributed by atoms with van der Waals surface area (Å²) in [5.41, 5.74) is 0.446. The molecular formula is C13H9FN2O3. The summed E-state index contributed by atoms with van der Waals surface area (Å²) in [7, 11) is 0. The highest BCUT2D eigenvalue weighted by atomic mass is 19.1. The fraction of sp³-hybridized carbons (Fsp3) is 0.0769. The smallest absolute Gasteiger partial charge is 0.371 e. The first kappa shape index (κ1) is 12.6. The SMILES string of the molecule is N#Cc1ccc(NCc2ccc(C(=O)O)o2)c(F)c1. The van der Waals surface area contributed by atoms with Gasteiger partial charge in [-0.1, -0.05) is 0 Å². The Hall–Kier alpha value is -2.81. The van der Waals surface area contributed by atoms with Crippen LogP contribution in [0.15, 0.2) is 34.7 Å². The Morgan fingerprint density at radius 3 is 2.79 bits per heavy atom. The number of aromatic carboxylic acids is 1. The van der Waals surface area contributed by atoms with E-state index in [9.17, 15) is 9.18 Å². The van der Waals surface area contributed by atoms with Crippen LogP contribution >= 0.6 is 0 Å². The molecule has 2 N–H and O–H groups in total.